The Bertz CT molecular complexity index is 926. The zero-order chi connectivity index (χ0) is 14.8. The number of fused-ring (bicyclic) bond motifs is 1. The Morgan fingerprint density at radius 2 is 1.36 bits per heavy atom. The molecule has 1 nitrogen and oxygen atoms in total. The van der Waals surface area contributed by atoms with E-state index in [1.54, 1.807) is 0 Å². The molecule has 4 rings (SSSR count). The summed E-state index contributed by atoms with van der Waals surface area (Å²) in [6, 6.07) is 29.2. The molecule has 1 aromatic heterocycles. The topological polar surface area (TPSA) is 12.9 Å². The van der Waals surface area contributed by atoms with Gasteiger partial charge >= 0.3 is 0 Å². The molecule has 0 N–H and O–H groups in total. The highest BCUT2D eigenvalue weighted by Crippen LogP contribution is 2.27. The van der Waals surface area contributed by atoms with Crippen molar-refractivity contribution in [3.05, 3.63) is 91.1 Å². The minimum absolute atomic E-state index is 0.950. The smallest absolute Gasteiger partial charge is 0.0900 e. The Morgan fingerprint density at radius 1 is 0.591 bits per heavy atom. The first kappa shape index (κ1) is 12.8. The van der Waals surface area contributed by atoms with Crippen LogP contribution < -0.4 is 0 Å². The molecule has 0 unspecified atom stereocenters. The molecule has 0 bridgehead atoms. The number of pyridine rings is 1. The van der Waals surface area contributed by atoms with Gasteiger partial charge in [0.05, 0.1) is 11.9 Å². The third-order valence-electron chi connectivity index (χ3n) is 3.85. The van der Waals surface area contributed by atoms with Crippen molar-refractivity contribution in [1.82, 2.24) is 4.98 Å². The Labute approximate surface area is 129 Å². The molecule has 0 saturated carbocycles. The fourth-order valence-corrected chi connectivity index (χ4v) is 2.68. The molecule has 0 fully saturated rings. The highest BCUT2D eigenvalue weighted by molar-refractivity contribution is 5.87. The van der Waals surface area contributed by atoms with Crippen LogP contribution in [0, 0.1) is 6.20 Å². The summed E-state index contributed by atoms with van der Waals surface area (Å²) < 4.78 is 0. The van der Waals surface area contributed by atoms with Crippen molar-refractivity contribution in [2.24, 2.45) is 0 Å². The number of nitrogens with zero attached hydrogens (tertiary/aromatic N) is 1. The van der Waals surface area contributed by atoms with E-state index in [2.05, 4.69) is 71.8 Å². The van der Waals surface area contributed by atoms with E-state index in [9.17, 15) is 0 Å². The second kappa shape index (κ2) is 5.45. The number of hydrogen-bond donors (Lipinski definition) is 0. The first-order valence-electron chi connectivity index (χ1n) is 7.33. The number of rotatable bonds is 2. The summed E-state index contributed by atoms with van der Waals surface area (Å²) in [4.78, 5) is 4.37. The van der Waals surface area contributed by atoms with Gasteiger partial charge in [0.25, 0.3) is 0 Å². The predicted molar refractivity (Wildman–Crippen MR) is 91.5 cm³/mol. The summed E-state index contributed by atoms with van der Waals surface area (Å²) >= 11 is 0. The van der Waals surface area contributed by atoms with Crippen LogP contribution >= 0.6 is 0 Å². The molecule has 4 aromatic rings. The lowest BCUT2D eigenvalue weighted by Crippen LogP contribution is -1.86. The third kappa shape index (κ3) is 2.38. The number of benzene rings is 3. The Balaban J connectivity index is 1.81. The molecule has 0 aliphatic carbocycles. The van der Waals surface area contributed by atoms with E-state index in [1.807, 2.05) is 24.3 Å². The zero-order valence-electron chi connectivity index (χ0n) is 12.0. The summed E-state index contributed by atoms with van der Waals surface area (Å²) in [7, 11) is 0. The molecule has 1 heterocycles. The van der Waals surface area contributed by atoms with Gasteiger partial charge < -0.3 is 0 Å². The maximum Gasteiger partial charge on any atom is 0.0900 e. The first-order chi connectivity index (χ1) is 10.9. The molecule has 0 aliphatic heterocycles. The average Bonchev–Trinajstić information content (AvgIpc) is 2.62. The molecule has 3 aromatic carbocycles. The predicted octanol–water partition coefficient (Wildman–Crippen LogP) is 5.37. The van der Waals surface area contributed by atoms with Gasteiger partial charge in [-0.05, 0) is 40.1 Å². The van der Waals surface area contributed by atoms with Crippen LogP contribution in [0.4, 0.5) is 0 Å². The van der Waals surface area contributed by atoms with Crippen LogP contribution in [0.1, 0.15) is 0 Å². The van der Waals surface area contributed by atoms with Crippen molar-refractivity contribution >= 4 is 10.8 Å². The Kier molecular flexibility index (Phi) is 3.17. The molecular weight excluding hydrogens is 266 g/mol. The van der Waals surface area contributed by atoms with E-state index >= 15 is 0 Å². The van der Waals surface area contributed by atoms with Crippen molar-refractivity contribution in [1.29, 1.82) is 0 Å². The van der Waals surface area contributed by atoms with Crippen molar-refractivity contribution in [2.45, 2.75) is 0 Å². The SMILES string of the molecule is [c]1cc(-c2ccc3ccccc3c2)cc(-c2ccccc2)n1. The summed E-state index contributed by atoms with van der Waals surface area (Å²) in [5, 5.41) is 2.51. The van der Waals surface area contributed by atoms with Gasteiger partial charge in [0.2, 0.25) is 0 Å². The molecule has 1 radical (unpaired) electrons. The van der Waals surface area contributed by atoms with Crippen molar-refractivity contribution < 1.29 is 0 Å². The van der Waals surface area contributed by atoms with Crippen LogP contribution in [0.25, 0.3) is 33.2 Å². The van der Waals surface area contributed by atoms with Gasteiger partial charge in [-0.2, -0.15) is 0 Å². The lowest BCUT2D eigenvalue weighted by molar-refractivity contribution is 1.31. The van der Waals surface area contributed by atoms with Crippen LogP contribution in [0.3, 0.4) is 0 Å². The Hall–Kier alpha value is -2.93. The second-order valence-electron chi connectivity index (χ2n) is 5.30. The van der Waals surface area contributed by atoms with E-state index in [0.717, 1.165) is 16.8 Å². The highest BCUT2D eigenvalue weighted by atomic mass is 14.7. The fourth-order valence-electron chi connectivity index (χ4n) is 2.68. The molecule has 0 atom stereocenters. The lowest BCUT2D eigenvalue weighted by atomic mass is 10.0. The second-order valence-corrected chi connectivity index (χ2v) is 5.30. The maximum atomic E-state index is 4.37. The first-order valence-corrected chi connectivity index (χ1v) is 7.33. The van der Waals surface area contributed by atoms with Crippen LogP contribution in [0.5, 0.6) is 0 Å². The normalized spacial score (nSPS) is 10.7. The number of hydrogen-bond acceptors (Lipinski definition) is 1. The largest absolute Gasteiger partial charge is 0.246 e. The minimum atomic E-state index is 0.950. The van der Waals surface area contributed by atoms with Crippen LogP contribution in [-0.4, -0.2) is 4.98 Å². The molecule has 0 aliphatic rings. The Morgan fingerprint density at radius 3 is 2.23 bits per heavy atom. The van der Waals surface area contributed by atoms with Gasteiger partial charge in [0.1, 0.15) is 0 Å². The van der Waals surface area contributed by atoms with Gasteiger partial charge in [-0.1, -0.05) is 66.7 Å². The van der Waals surface area contributed by atoms with E-state index < -0.39 is 0 Å². The van der Waals surface area contributed by atoms with Gasteiger partial charge in [0.15, 0.2) is 0 Å². The summed E-state index contributed by atoms with van der Waals surface area (Å²) in [6.07, 6.45) is 3.02. The van der Waals surface area contributed by atoms with Gasteiger partial charge in [-0.15, -0.1) is 0 Å². The minimum Gasteiger partial charge on any atom is -0.246 e. The van der Waals surface area contributed by atoms with Crippen LogP contribution in [0.2, 0.25) is 0 Å². The highest BCUT2D eigenvalue weighted by Gasteiger charge is 2.03. The molecule has 0 spiro atoms. The molecule has 22 heavy (non-hydrogen) atoms. The van der Waals surface area contributed by atoms with E-state index in [1.165, 1.54) is 16.3 Å². The molecular formula is C21H14N. The maximum absolute atomic E-state index is 4.37. The van der Waals surface area contributed by atoms with E-state index in [0.29, 0.717) is 0 Å². The van der Waals surface area contributed by atoms with Gasteiger partial charge in [-0.3, -0.25) is 0 Å². The van der Waals surface area contributed by atoms with Crippen LogP contribution in [-0.2, 0) is 0 Å². The van der Waals surface area contributed by atoms with Crippen LogP contribution in [0.15, 0.2) is 84.9 Å². The van der Waals surface area contributed by atoms with E-state index in [4.69, 9.17) is 0 Å². The number of aromatic nitrogens is 1. The summed E-state index contributed by atoms with van der Waals surface area (Å²) in [6.45, 7) is 0. The summed E-state index contributed by atoms with van der Waals surface area (Å²) in [5.41, 5.74) is 4.39. The molecule has 0 saturated heterocycles. The average molecular weight is 280 g/mol. The molecule has 0 amide bonds. The third-order valence-corrected chi connectivity index (χ3v) is 3.85. The van der Waals surface area contributed by atoms with Crippen molar-refractivity contribution in [2.75, 3.05) is 0 Å². The zero-order valence-corrected chi connectivity index (χ0v) is 12.0. The van der Waals surface area contributed by atoms with Gasteiger partial charge in [0, 0.05) is 5.56 Å². The summed E-state index contributed by atoms with van der Waals surface area (Å²) in [5.74, 6) is 0. The quantitative estimate of drug-likeness (QED) is 0.481. The fraction of sp³-hybridized carbons (Fsp3) is 0. The lowest BCUT2D eigenvalue weighted by Gasteiger charge is -2.06. The molecule has 1 heteroatoms. The van der Waals surface area contributed by atoms with E-state index in [-0.39, 0.29) is 0 Å². The van der Waals surface area contributed by atoms with Crippen molar-refractivity contribution in [3.63, 3.8) is 0 Å². The molecule has 103 valence electrons. The van der Waals surface area contributed by atoms with Gasteiger partial charge in [-0.25, -0.2) is 4.98 Å². The van der Waals surface area contributed by atoms with Crippen molar-refractivity contribution in [3.8, 4) is 22.4 Å². The monoisotopic (exact) mass is 280 g/mol. The standard InChI is InChI=1S/C21H14N/c1-2-7-17(8-3-1)21-15-20(12-13-22-21)19-11-10-16-6-4-5-9-18(16)14-19/h1-12,14-15H.